The fourth-order valence-electron chi connectivity index (χ4n) is 1.21. The van der Waals surface area contributed by atoms with Crippen molar-refractivity contribution in [3.05, 3.63) is 30.3 Å². The van der Waals surface area contributed by atoms with Crippen LogP contribution in [0.15, 0.2) is 30.3 Å². The van der Waals surface area contributed by atoms with Crippen molar-refractivity contribution in [2.24, 2.45) is 0 Å². The predicted molar refractivity (Wildman–Crippen MR) is 61.6 cm³/mol. The van der Waals surface area contributed by atoms with Crippen molar-refractivity contribution in [2.75, 3.05) is 13.0 Å². The van der Waals surface area contributed by atoms with Crippen LogP contribution in [0.5, 0.6) is 0 Å². The van der Waals surface area contributed by atoms with Crippen molar-refractivity contribution < 1.29 is 14.2 Å². The van der Waals surface area contributed by atoms with Crippen molar-refractivity contribution >= 4 is 12.7 Å². The number of hydrogen-bond donors (Lipinski definition) is 1. The smallest absolute Gasteiger partial charge is 0.256 e. The molecule has 0 aromatic heterocycles. The fourth-order valence-corrected chi connectivity index (χ4v) is 2.65. The summed E-state index contributed by atoms with van der Waals surface area (Å²) in [6, 6.07) is 8.88. The molecule has 1 unspecified atom stereocenters. The number of aliphatic hydroxyl groups excluding tert-OH is 1. The molecule has 0 aliphatic rings. The van der Waals surface area contributed by atoms with Crippen molar-refractivity contribution in [1.29, 1.82) is 0 Å². The van der Waals surface area contributed by atoms with Gasteiger partial charge in [-0.2, -0.15) is 0 Å². The molecule has 0 heterocycles. The number of aliphatic hydroxyl groups is 1. The van der Waals surface area contributed by atoms with E-state index in [9.17, 15) is 4.57 Å². The van der Waals surface area contributed by atoms with Crippen molar-refractivity contribution in [3.63, 3.8) is 0 Å². The van der Waals surface area contributed by atoms with E-state index in [1.165, 1.54) is 0 Å². The topological polar surface area (TPSA) is 46.5 Å². The standard InChI is InChI=1S/C11H17O3P/c1-2-3-9-14-15(13,10-12)11-7-5-4-6-8-11/h4-8,12H,2-3,9-10H2,1H3. The molecule has 0 aliphatic carbocycles. The summed E-state index contributed by atoms with van der Waals surface area (Å²) in [5.74, 6) is 0. The molecule has 84 valence electrons. The maximum atomic E-state index is 12.2. The second-order valence-electron chi connectivity index (χ2n) is 3.34. The number of hydrogen-bond acceptors (Lipinski definition) is 3. The highest BCUT2D eigenvalue weighted by atomic mass is 31.2. The first-order valence-electron chi connectivity index (χ1n) is 5.13. The van der Waals surface area contributed by atoms with Crippen LogP contribution in [0.25, 0.3) is 0 Å². The minimum absolute atomic E-state index is 0.430. The second-order valence-corrected chi connectivity index (χ2v) is 5.74. The van der Waals surface area contributed by atoms with Gasteiger partial charge in [0.2, 0.25) is 0 Å². The van der Waals surface area contributed by atoms with Crippen molar-refractivity contribution in [1.82, 2.24) is 0 Å². The zero-order valence-electron chi connectivity index (χ0n) is 8.93. The lowest BCUT2D eigenvalue weighted by Crippen LogP contribution is -2.10. The van der Waals surface area contributed by atoms with E-state index in [0.717, 1.165) is 12.8 Å². The Morgan fingerprint density at radius 3 is 2.53 bits per heavy atom. The molecule has 3 nitrogen and oxygen atoms in total. The molecule has 1 aromatic carbocycles. The summed E-state index contributed by atoms with van der Waals surface area (Å²) >= 11 is 0. The van der Waals surface area contributed by atoms with Crippen LogP contribution in [0.4, 0.5) is 0 Å². The van der Waals surface area contributed by atoms with E-state index < -0.39 is 13.7 Å². The summed E-state index contributed by atoms with van der Waals surface area (Å²) in [6.45, 7) is 2.47. The van der Waals surface area contributed by atoms with Gasteiger partial charge >= 0.3 is 0 Å². The van der Waals surface area contributed by atoms with Crippen LogP contribution < -0.4 is 5.30 Å². The van der Waals surface area contributed by atoms with E-state index in [4.69, 9.17) is 9.63 Å². The lowest BCUT2D eigenvalue weighted by Gasteiger charge is -2.16. The predicted octanol–water partition coefficient (Wildman–Crippen LogP) is 2.36. The maximum absolute atomic E-state index is 12.2. The van der Waals surface area contributed by atoms with Crippen LogP contribution >= 0.6 is 7.37 Å². The molecule has 0 radical (unpaired) electrons. The summed E-state index contributed by atoms with van der Waals surface area (Å²) in [5, 5.41) is 9.74. The Morgan fingerprint density at radius 1 is 1.33 bits per heavy atom. The van der Waals surface area contributed by atoms with Crippen LogP contribution in [-0.4, -0.2) is 18.1 Å². The lowest BCUT2D eigenvalue weighted by molar-refractivity contribution is 0.275. The van der Waals surface area contributed by atoms with Crippen LogP contribution in [0, 0.1) is 0 Å². The molecular weight excluding hydrogens is 211 g/mol. The summed E-state index contributed by atoms with van der Waals surface area (Å²) in [4.78, 5) is 0. The Bertz CT molecular complexity index is 324. The van der Waals surface area contributed by atoms with Gasteiger partial charge in [0, 0.05) is 5.30 Å². The maximum Gasteiger partial charge on any atom is 0.256 e. The third-order valence-corrected chi connectivity index (χ3v) is 4.19. The Labute approximate surface area is 90.5 Å². The molecular formula is C11H17O3P. The zero-order valence-corrected chi connectivity index (χ0v) is 9.82. The van der Waals surface area contributed by atoms with Gasteiger partial charge in [-0.25, -0.2) is 0 Å². The third kappa shape index (κ3) is 3.45. The van der Waals surface area contributed by atoms with Gasteiger partial charge in [-0.3, -0.25) is 4.57 Å². The van der Waals surface area contributed by atoms with E-state index in [1.807, 2.05) is 13.0 Å². The molecule has 15 heavy (non-hydrogen) atoms. The molecule has 0 saturated carbocycles. The monoisotopic (exact) mass is 228 g/mol. The highest BCUT2D eigenvalue weighted by Gasteiger charge is 2.24. The molecule has 0 aliphatic heterocycles. The van der Waals surface area contributed by atoms with Gasteiger partial charge in [-0.05, 0) is 18.6 Å². The summed E-state index contributed by atoms with van der Waals surface area (Å²) in [6.07, 6.45) is 1.41. The first-order chi connectivity index (χ1) is 7.23. The van der Waals surface area contributed by atoms with Gasteiger partial charge < -0.3 is 9.63 Å². The van der Waals surface area contributed by atoms with Gasteiger partial charge in [0.15, 0.2) is 0 Å². The van der Waals surface area contributed by atoms with Crippen molar-refractivity contribution in [2.45, 2.75) is 19.8 Å². The van der Waals surface area contributed by atoms with Crippen LogP contribution in [0.1, 0.15) is 19.8 Å². The molecule has 0 saturated heterocycles. The van der Waals surface area contributed by atoms with Crippen LogP contribution in [-0.2, 0) is 9.09 Å². The second kappa shape index (κ2) is 6.06. The summed E-state index contributed by atoms with van der Waals surface area (Å²) < 4.78 is 17.5. The largest absolute Gasteiger partial charge is 0.386 e. The highest BCUT2D eigenvalue weighted by molar-refractivity contribution is 7.66. The minimum Gasteiger partial charge on any atom is -0.386 e. The van der Waals surface area contributed by atoms with Gasteiger partial charge in [-0.15, -0.1) is 0 Å². The van der Waals surface area contributed by atoms with Crippen LogP contribution in [0.2, 0.25) is 0 Å². The van der Waals surface area contributed by atoms with Crippen molar-refractivity contribution in [3.8, 4) is 0 Å². The number of unbranched alkanes of at least 4 members (excludes halogenated alkanes) is 1. The first-order valence-corrected chi connectivity index (χ1v) is 6.94. The van der Waals surface area contributed by atoms with E-state index >= 15 is 0 Å². The molecule has 4 heteroatoms. The third-order valence-electron chi connectivity index (χ3n) is 2.13. The minimum atomic E-state index is -3.03. The molecule has 0 bridgehead atoms. The van der Waals surface area contributed by atoms with E-state index in [2.05, 4.69) is 0 Å². The fraction of sp³-hybridized carbons (Fsp3) is 0.455. The normalized spacial score (nSPS) is 14.8. The van der Waals surface area contributed by atoms with Gasteiger partial charge in [0.25, 0.3) is 7.37 Å². The Hall–Kier alpha value is -0.630. The molecule has 1 atom stereocenters. The Balaban J connectivity index is 2.73. The molecule has 0 amide bonds. The highest BCUT2D eigenvalue weighted by Crippen LogP contribution is 2.44. The molecule has 1 rings (SSSR count). The number of benzene rings is 1. The molecule has 0 spiro atoms. The summed E-state index contributed by atoms with van der Waals surface area (Å²) in [7, 11) is -3.03. The quantitative estimate of drug-likeness (QED) is 0.600. The van der Waals surface area contributed by atoms with E-state index in [-0.39, 0.29) is 0 Å². The van der Waals surface area contributed by atoms with E-state index in [1.54, 1.807) is 24.3 Å². The van der Waals surface area contributed by atoms with Gasteiger partial charge in [0.05, 0.1) is 6.61 Å². The average molecular weight is 228 g/mol. The van der Waals surface area contributed by atoms with Crippen LogP contribution in [0.3, 0.4) is 0 Å². The number of rotatable bonds is 6. The zero-order chi connectivity index (χ0) is 11.1. The SMILES string of the molecule is CCCCOP(=O)(CO)c1ccccc1. The lowest BCUT2D eigenvalue weighted by atomic mass is 10.4. The first kappa shape index (κ1) is 12.4. The van der Waals surface area contributed by atoms with E-state index in [0.29, 0.717) is 11.9 Å². The van der Waals surface area contributed by atoms with Gasteiger partial charge in [-0.1, -0.05) is 31.5 Å². The molecule has 1 aromatic rings. The Morgan fingerprint density at radius 2 is 2.00 bits per heavy atom. The summed E-state index contributed by atoms with van der Waals surface area (Å²) in [5.41, 5.74) is 0. The van der Waals surface area contributed by atoms with Gasteiger partial charge in [0.1, 0.15) is 6.35 Å². The molecule has 1 N–H and O–H groups in total. The molecule has 0 fully saturated rings. The Kier molecular flexibility index (Phi) is 5.03. The average Bonchev–Trinajstić information content (AvgIpc) is 2.30.